The van der Waals surface area contributed by atoms with Crippen molar-refractivity contribution in [2.45, 2.75) is 77.2 Å². The van der Waals surface area contributed by atoms with Crippen LogP contribution in [-0.2, 0) is 4.79 Å². The number of hydrogen-bond donors (Lipinski definition) is 1. The Bertz CT molecular complexity index is 890. The van der Waals surface area contributed by atoms with Crippen molar-refractivity contribution in [3.05, 3.63) is 29.0 Å². The second kappa shape index (κ2) is 9.51. The van der Waals surface area contributed by atoms with Crippen molar-refractivity contribution in [3.63, 3.8) is 0 Å². The molecule has 0 unspecified atom stereocenters. The van der Waals surface area contributed by atoms with Crippen LogP contribution in [0.25, 0.3) is 10.9 Å². The molecule has 1 aromatic carbocycles. The number of benzene rings is 1. The third-order valence-corrected chi connectivity index (χ3v) is 6.41. The van der Waals surface area contributed by atoms with Gasteiger partial charge in [0, 0.05) is 41.9 Å². The fourth-order valence-corrected chi connectivity index (χ4v) is 4.50. The predicted octanol–water partition coefficient (Wildman–Crippen LogP) is 5.46. The summed E-state index contributed by atoms with van der Waals surface area (Å²) in [5.74, 6) is 2.97. The molecule has 30 heavy (non-hydrogen) atoms. The van der Waals surface area contributed by atoms with Crippen molar-refractivity contribution in [2.75, 3.05) is 18.0 Å². The molecule has 0 radical (unpaired) electrons. The summed E-state index contributed by atoms with van der Waals surface area (Å²) < 4.78 is 0. The summed E-state index contributed by atoms with van der Waals surface area (Å²) in [5.41, 5.74) is 0.916. The van der Waals surface area contributed by atoms with Crippen LogP contribution in [-0.4, -0.2) is 35.0 Å². The van der Waals surface area contributed by atoms with E-state index < -0.39 is 0 Å². The van der Waals surface area contributed by atoms with Gasteiger partial charge in [0.15, 0.2) is 0 Å². The van der Waals surface area contributed by atoms with Gasteiger partial charge >= 0.3 is 0 Å². The first-order valence-electron chi connectivity index (χ1n) is 11.5. The number of nitrogens with one attached hydrogen (secondary N) is 1. The molecular formula is C24H33ClN4O. The van der Waals surface area contributed by atoms with Crippen molar-refractivity contribution in [2.24, 2.45) is 5.92 Å². The Hall–Kier alpha value is -1.88. The van der Waals surface area contributed by atoms with Gasteiger partial charge in [-0.1, -0.05) is 44.7 Å². The molecule has 2 aromatic rings. The van der Waals surface area contributed by atoms with Gasteiger partial charge in [0.1, 0.15) is 11.6 Å². The van der Waals surface area contributed by atoms with Gasteiger partial charge < -0.3 is 10.2 Å². The molecule has 1 aromatic heterocycles. The monoisotopic (exact) mass is 428 g/mol. The van der Waals surface area contributed by atoms with E-state index in [-0.39, 0.29) is 5.91 Å². The van der Waals surface area contributed by atoms with Crippen molar-refractivity contribution in [3.8, 4) is 0 Å². The molecule has 0 atom stereocenters. The Morgan fingerprint density at radius 1 is 1.17 bits per heavy atom. The molecule has 2 saturated carbocycles. The van der Waals surface area contributed by atoms with Crippen LogP contribution in [0.1, 0.15) is 77.0 Å². The van der Waals surface area contributed by atoms with Crippen LogP contribution in [0, 0.1) is 5.92 Å². The lowest BCUT2D eigenvalue weighted by molar-refractivity contribution is -0.121. The Morgan fingerprint density at radius 3 is 2.63 bits per heavy atom. The minimum absolute atomic E-state index is 0.119. The number of carbonyl (C=O) groups excluding carboxylic acids is 1. The van der Waals surface area contributed by atoms with E-state index in [9.17, 15) is 4.79 Å². The molecule has 1 amide bonds. The number of aromatic nitrogens is 2. The lowest BCUT2D eigenvalue weighted by atomic mass is 9.93. The maximum absolute atomic E-state index is 12.5. The van der Waals surface area contributed by atoms with Gasteiger partial charge in [0.05, 0.1) is 5.52 Å². The molecule has 0 bridgehead atoms. The number of halogens is 1. The summed E-state index contributed by atoms with van der Waals surface area (Å²) in [6.07, 6.45) is 8.90. The minimum atomic E-state index is 0.119. The van der Waals surface area contributed by atoms with Crippen molar-refractivity contribution < 1.29 is 4.79 Å². The van der Waals surface area contributed by atoms with E-state index in [2.05, 4.69) is 24.1 Å². The molecule has 4 rings (SSSR count). The SMILES string of the molecule is CC(C)CNC(=O)CCN(c1nc(C2CC2)nc2cc(Cl)ccc12)C1CCCCC1. The van der Waals surface area contributed by atoms with E-state index >= 15 is 0 Å². The van der Waals surface area contributed by atoms with E-state index in [0.29, 0.717) is 35.9 Å². The van der Waals surface area contributed by atoms with Crippen LogP contribution in [0.3, 0.4) is 0 Å². The summed E-state index contributed by atoms with van der Waals surface area (Å²) in [6.45, 7) is 5.65. The Morgan fingerprint density at radius 2 is 1.93 bits per heavy atom. The fraction of sp³-hybridized carbons (Fsp3) is 0.625. The van der Waals surface area contributed by atoms with E-state index in [1.165, 1.54) is 19.3 Å². The van der Waals surface area contributed by atoms with Crippen molar-refractivity contribution in [1.82, 2.24) is 15.3 Å². The van der Waals surface area contributed by atoms with E-state index in [1.54, 1.807) is 0 Å². The Labute approximate surface area is 184 Å². The number of fused-ring (bicyclic) bond motifs is 1. The first-order valence-corrected chi connectivity index (χ1v) is 11.9. The quantitative estimate of drug-likeness (QED) is 0.606. The average Bonchev–Trinajstić information content (AvgIpc) is 3.58. The molecule has 0 spiro atoms. The van der Waals surface area contributed by atoms with E-state index in [1.807, 2.05) is 18.2 Å². The van der Waals surface area contributed by atoms with Crippen LogP contribution >= 0.6 is 11.6 Å². The molecule has 5 nitrogen and oxygen atoms in total. The van der Waals surface area contributed by atoms with Crippen molar-refractivity contribution in [1.29, 1.82) is 0 Å². The third-order valence-electron chi connectivity index (χ3n) is 6.17. The molecular weight excluding hydrogens is 396 g/mol. The maximum Gasteiger partial charge on any atom is 0.221 e. The fourth-order valence-electron chi connectivity index (χ4n) is 4.33. The first-order chi connectivity index (χ1) is 14.5. The predicted molar refractivity (Wildman–Crippen MR) is 123 cm³/mol. The number of carbonyl (C=O) groups is 1. The summed E-state index contributed by atoms with van der Waals surface area (Å²) in [6, 6.07) is 6.33. The minimum Gasteiger partial charge on any atom is -0.356 e. The van der Waals surface area contributed by atoms with Gasteiger partial charge in [-0.3, -0.25) is 4.79 Å². The van der Waals surface area contributed by atoms with E-state index in [0.717, 1.165) is 54.8 Å². The van der Waals surface area contributed by atoms with Gasteiger partial charge in [0.25, 0.3) is 0 Å². The van der Waals surface area contributed by atoms with Gasteiger partial charge in [-0.2, -0.15) is 0 Å². The molecule has 2 fully saturated rings. The molecule has 1 heterocycles. The highest BCUT2D eigenvalue weighted by atomic mass is 35.5. The lowest BCUT2D eigenvalue weighted by Gasteiger charge is -2.36. The second-order valence-electron chi connectivity index (χ2n) is 9.27. The molecule has 1 N–H and O–H groups in total. The highest BCUT2D eigenvalue weighted by molar-refractivity contribution is 6.31. The Kier molecular flexibility index (Phi) is 6.77. The number of hydrogen-bond acceptors (Lipinski definition) is 4. The maximum atomic E-state index is 12.5. The number of amides is 1. The van der Waals surface area contributed by atoms with Gasteiger partial charge in [-0.25, -0.2) is 9.97 Å². The Balaban J connectivity index is 1.65. The molecule has 2 aliphatic rings. The van der Waals surface area contributed by atoms with Gasteiger partial charge in [-0.05, 0) is 49.8 Å². The summed E-state index contributed by atoms with van der Waals surface area (Å²) in [4.78, 5) is 24.8. The van der Waals surface area contributed by atoms with Crippen LogP contribution in [0.5, 0.6) is 0 Å². The largest absolute Gasteiger partial charge is 0.356 e. The normalized spacial score (nSPS) is 17.5. The zero-order valence-electron chi connectivity index (χ0n) is 18.2. The van der Waals surface area contributed by atoms with Crippen molar-refractivity contribution >= 4 is 34.2 Å². The summed E-state index contributed by atoms with van der Waals surface area (Å²) in [7, 11) is 0. The zero-order valence-corrected chi connectivity index (χ0v) is 18.9. The van der Waals surface area contributed by atoms with Crippen LogP contribution in [0.4, 0.5) is 5.82 Å². The summed E-state index contributed by atoms with van der Waals surface area (Å²) >= 11 is 6.28. The molecule has 2 aliphatic carbocycles. The van der Waals surface area contributed by atoms with E-state index in [4.69, 9.17) is 21.6 Å². The van der Waals surface area contributed by atoms with Crippen LogP contribution < -0.4 is 10.2 Å². The number of rotatable bonds is 8. The highest BCUT2D eigenvalue weighted by Crippen LogP contribution is 2.41. The topological polar surface area (TPSA) is 58.1 Å². The standard InChI is InChI=1S/C24H33ClN4O/c1-16(2)15-26-22(30)12-13-29(19-6-4-3-5-7-19)24-20-11-10-18(25)14-21(20)27-23(28-24)17-8-9-17/h10-11,14,16-17,19H,3-9,12-13,15H2,1-2H3,(H,26,30). The lowest BCUT2D eigenvalue weighted by Crippen LogP contribution is -2.40. The smallest absolute Gasteiger partial charge is 0.221 e. The second-order valence-corrected chi connectivity index (χ2v) is 9.71. The van der Waals surface area contributed by atoms with Gasteiger partial charge in [0.2, 0.25) is 5.91 Å². The highest BCUT2D eigenvalue weighted by Gasteiger charge is 2.30. The summed E-state index contributed by atoms with van der Waals surface area (Å²) in [5, 5.41) is 4.80. The molecule has 0 saturated heterocycles. The van der Waals surface area contributed by atoms with Gasteiger partial charge in [-0.15, -0.1) is 0 Å². The molecule has 6 heteroatoms. The third kappa shape index (κ3) is 5.23. The number of nitrogens with zero attached hydrogens (tertiary/aromatic N) is 3. The zero-order chi connectivity index (χ0) is 21.1. The molecule has 162 valence electrons. The van der Waals surface area contributed by atoms with Crippen LogP contribution in [0.2, 0.25) is 5.02 Å². The molecule has 0 aliphatic heterocycles. The van der Waals surface area contributed by atoms with Crippen LogP contribution in [0.15, 0.2) is 18.2 Å². The average molecular weight is 429 g/mol. The number of anilines is 1. The first kappa shape index (κ1) is 21.4.